The number of amides is 1. The molecule has 2 aromatic rings. The van der Waals surface area contributed by atoms with Gasteiger partial charge in [-0.1, -0.05) is 6.07 Å². The number of halogens is 1. The number of hydrogen-bond donors (Lipinski definition) is 1. The molecule has 1 N–H and O–H groups in total. The zero-order valence-electron chi connectivity index (χ0n) is 10.7. The summed E-state index contributed by atoms with van der Waals surface area (Å²) < 4.78 is 11.3. The van der Waals surface area contributed by atoms with E-state index < -0.39 is 0 Å². The number of carbonyl (C=O) groups excluding carboxylic acids is 1. The van der Waals surface area contributed by atoms with E-state index in [1.165, 1.54) is 6.21 Å². The number of benzene rings is 1. The molecule has 2 heterocycles. The van der Waals surface area contributed by atoms with Gasteiger partial charge < -0.3 is 9.47 Å². The summed E-state index contributed by atoms with van der Waals surface area (Å²) in [6.07, 6.45) is 3.07. The zero-order valence-corrected chi connectivity index (χ0v) is 12.3. The average Bonchev–Trinajstić information content (AvgIpc) is 2.95. The topological polar surface area (TPSA) is 72.8 Å². The van der Waals surface area contributed by atoms with Crippen LogP contribution in [0.5, 0.6) is 11.5 Å². The Morgan fingerprint density at radius 2 is 2.14 bits per heavy atom. The van der Waals surface area contributed by atoms with E-state index in [-0.39, 0.29) is 12.7 Å². The number of carbonyl (C=O) groups is 1. The van der Waals surface area contributed by atoms with Crippen LogP contribution in [0.25, 0.3) is 0 Å². The molecule has 0 radical (unpaired) electrons. The summed E-state index contributed by atoms with van der Waals surface area (Å²) in [5.74, 6) is 0.955. The second-order valence-electron chi connectivity index (χ2n) is 4.14. The number of fused-ring (bicyclic) bond motifs is 1. The molecule has 1 aromatic heterocycles. The third-order valence-corrected chi connectivity index (χ3v) is 3.45. The quantitative estimate of drug-likeness (QED) is 0.683. The first-order chi connectivity index (χ1) is 10.2. The van der Waals surface area contributed by atoms with Gasteiger partial charge in [0, 0.05) is 16.2 Å². The van der Waals surface area contributed by atoms with E-state index in [0.29, 0.717) is 17.2 Å². The molecule has 0 atom stereocenters. The fourth-order valence-electron chi connectivity index (χ4n) is 1.75. The van der Waals surface area contributed by atoms with Gasteiger partial charge in [-0.05, 0) is 40.2 Å². The highest BCUT2D eigenvalue weighted by Gasteiger charge is 2.15. The molecule has 1 amide bonds. The molecule has 0 unspecified atom stereocenters. The van der Waals surface area contributed by atoms with Crippen LogP contribution in [0.15, 0.2) is 46.1 Å². The van der Waals surface area contributed by atoms with Gasteiger partial charge in [-0.3, -0.25) is 9.78 Å². The van der Waals surface area contributed by atoms with Crippen molar-refractivity contribution >= 4 is 28.1 Å². The molecule has 1 aliphatic rings. The summed E-state index contributed by atoms with van der Waals surface area (Å²) in [5, 5.41) is 3.91. The van der Waals surface area contributed by atoms with E-state index in [1.807, 2.05) is 0 Å². The fourth-order valence-corrected chi connectivity index (χ4v) is 2.17. The van der Waals surface area contributed by atoms with Gasteiger partial charge in [-0.2, -0.15) is 5.10 Å². The third-order valence-electron chi connectivity index (χ3n) is 2.76. The Bertz CT molecular complexity index is 704. The van der Waals surface area contributed by atoms with Crippen LogP contribution in [0.4, 0.5) is 0 Å². The van der Waals surface area contributed by atoms with Crippen molar-refractivity contribution in [1.29, 1.82) is 0 Å². The number of hydrogen-bond acceptors (Lipinski definition) is 5. The van der Waals surface area contributed by atoms with Crippen molar-refractivity contribution in [2.24, 2.45) is 5.10 Å². The van der Waals surface area contributed by atoms with Crippen LogP contribution in [-0.4, -0.2) is 23.9 Å². The van der Waals surface area contributed by atoms with Crippen molar-refractivity contribution in [3.8, 4) is 11.5 Å². The molecule has 1 aliphatic heterocycles. The van der Waals surface area contributed by atoms with Crippen LogP contribution in [-0.2, 0) is 0 Å². The molecule has 3 rings (SSSR count). The maximum absolute atomic E-state index is 11.8. The summed E-state index contributed by atoms with van der Waals surface area (Å²) in [7, 11) is 0. The van der Waals surface area contributed by atoms with Crippen LogP contribution in [0.3, 0.4) is 0 Å². The monoisotopic (exact) mass is 347 g/mol. The number of pyridine rings is 1. The Morgan fingerprint density at radius 1 is 1.33 bits per heavy atom. The van der Waals surface area contributed by atoms with E-state index >= 15 is 0 Å². The Labute approximate surface area is 128 Å². The lowest BCUT2D eigenvalue weighted by Crippen LogP contribution is -2.18. The summed E-state index contributed by atoms with van der Waals surface area (Å²) in [5.41, 5.74) is 3.49. The lowest BCUT2D eigenvalue weighted by Gasteiger charge is -2.02. The standard InChI is InChI=1S/C14H10BrN3O3/c15-10-6-13-12(20-8-21-13)5-9(10)7-17-18-14(19)11-3-1-2-4-16-11/h1-7H,8H2,(H,18,19)/b17-7+. The molecule has 21 heavy (non-hydrogen) atoms. The Kier molecular flexibility index (Phi) is 3.83. The van der Waals surface area contributed by atoms with Crippen molar-refractivity contribution in [3.63, 3.8) is 0 Å². The second kappa shape index (κ2) is 5.92. The normalized spacial score (nSPS) is 12.6. The van der Waals surface area contributed by atoms with Gasteiger partial charge in [0.15, 0.2) is 11.5 Å². The van der Waals surface area contributed by atoms with Crippen molar-refractivity contribution in [1.82, 2.24) is 10.4 Å². The molecule has 0 fully saturated rings. The third kappa shape index (κ3) is 3.03. The summed E-state index contributed by atoms with van der Waals surface area (Å²) in [4.78, 5) is 15.7. The van der Waals surface area contributed by atoms with Crippen molar-refractivity contribution < 1.29 is 14.3 Å². The van der Waals surface area contributed by atoms with Crippen LogP contribution < -0.4 is 14.9 Å². The molecule has 6 nitrogen and oxygen atoms in total. The van der Waals surface area contributed by atoms with Gasteiger partial charge in [-0.15, -0.1) is 0 Å². The van der Waals surface area contributed by atoms with Crippen LogP contribution in [0, 0.1) is 0 Å². The molecule has 0 bridgehead atoms. The summed E-state index contributed by atoms with van der Waals surface area (Å²) in [6, 6.07) is 8.66. The predicted octanol–water partition coefficient (Wildman–Crippen LogP) is 2.34. The highest BCUT2D eigenvalue weighted by atomic mass is 79.9. The van der Waals surface area contributed by atoms with Gasteiger partial charge in [-0.25, -0.2) is 5.43 Å². The molecular formula is C14H10BrN3O3. The van der Waals surface area contributed by atoms with Crippen molar-refractivity contribution in [2.45, 2.75) is 0 Å². The lowest BCUT2D eigenvalue weighted by molar-refractivity contribution is 0.0950. The largest absolute Gasteiger partial charge is 0.454 e. The molecule has 0 saturated heterocycles. The van der Waals surface area contributed by atoms with E-state index in [0.717, 1.165) is 10.0 Å². The zero-order chi connectivity index (χ0) is 14.7. The molecular weight excluding hydrogens is 338 g/mol. The smallest absolute Gasteiger partial charge is 0.289 e. The van der Waals surface area contributed by atoms with Crippen molar-refractivity contribution in [3.05, 3.63) is 52.3 Å². The number of nitrogens with zero attached hydrogens (tertiary/aromatic N) is 2. The van der Waals surface area contributed by atoms with E-state index in [9.17, 15) is 4.79 Å². The Balaban J connectivity index is 1.71. The highest BCUT2D eigenvalue weighted by Crippen LogP contribution is 2.36. The van der Waals surface area contributed by atoms with E-state index in [4.69, 9.17) is 9.47 Å². The summed E-state index contributed by atoms with van der Waals surface area (Å²) in [6.45, 7) is 0.207. The average molecular weight is 348 g/mol. The number of hydrazone groups is 1. The lowest BCUT2D eigenvalue weighted by atomic mass is 10.2. The van der Waals surface area contributed by atoms with Gasteiger partial charge in [0.25, 0.3) is 5.91 Å². The highest BCUT2D eigenvalue weighted by molar-refractivity contribution is 9.10. The molecule has 106 valence electrons. The molecule has 1 aromatic carbocycles. The van der Waals surface area contributed by atoms with Crippen LogP contribution >= 0.6 is 15.9 Å². The maximum atomic E-state index is 11.8. The number of nitrogens with one attached hydrogen (secondary N) is 1. The number of rotatable bonds is 3. The summed E-state index contributed by atoms with van der Waals surface area (Å²) >= 11 is 3.41. The minimum absolute atomic E-state index is 0.207. The van der Waals surface area contributed by atoms with E-state index in [1.54, 1.807) is 36.5 Å². The maximum Gasteiger partial charge on any atom is 0.289 e. The molecule has 7 heteroatoms. The number of aromatic nitrogens is 1. The van der Waals surface area contributed by atoms with Gasteiger partial charge in [0.05, 0.1) is 6.21 Å². The SMILES string of the molecule is O=C(N/N=C/c1cc2c(cc1Br)OCO2)c1ccccn1. The van der Waals surface area contributed by atoms with Crippen molar-refractivity contribution in [2.75, 3.05) is 6.79 Å². The Morgan fingerprint density at radius 3 is 2.90 bits per heavy atom. The van der Waals surface area contributed by atoms with Gasteiger partial charge in [0.2, 0.25) is 6.79 Å². The molecule has 0 spiro atoms. The first kappa shape index (κ1) is 13.6. The molecule has 0 saturated carbocycles. The Hall–Kier alpha value is -2.41. The predicted molar refractivity (Wildman–Crippen MR) is 79.6 cm³/mol. The first-order valence-electron chi connectivity index (χ1n) is 6.07. The van der Waals surface area contributed by atoms with E-state index in [2.05, 4.69) is 31.4 Å². The van der Waals surface area contributed by atoms with Gasteiger partial charge >= 0.3 is 0 Å². The minimum Gasteiger partial charge on any atom is -0.454 e. The molecule has 0 aliphatic carbocycles. The van der Waals surface area contributed by atoms with Gasteiger partial charge in [0.1, 0.15) is 5.69 Å². The second-order valence-corrected chi connectivity index (χ2v) is 5.00. The number of ether oxygens (including phenoxy) is 2. The first-order valence-corrected chi connectivity index (χ1v) is 6.87. The fraction of sp³-hybridized carbons (Fsp3) is 0.0714. The van der Waals surface area contributed by atoms with Crippen LogP contribution in [0.1, 0.15) is 16.1 Å². The van der Waals surface area contributed by atoms with Crippen LogP contribution in [0.2, 0.25) is 0 Å². The minimum atomic E-state index is -0.372.